The zero-order valence-corrected chi connectivity index (χ0v) is 13.1. The van der Waals surface area contributed by atoms with Crippen molar-refractivity contribution in [2.45, 2.75) is 51.5 Å². The van der Waals surface area contributed by atoms with Gasteiger partial charge < -0.3 is 10.3 Å². The quantitative estimate of drug-likeness (QED) is 0.904. The van der Waals surface area contributed by atoms with Gasteiger partial charge in [-0.25, -0.2) is 4.98 Å². The summed E-state index contributed by atoms with van der Waals surface area (Å²) in [6.45, 7) is 5.67. The van der Waals surface area contributed by atoms with Gasteiger partial charge in [0.1, 0.15) is 11.5 Å². The second-order valence-corrected chi connectivity index (χ2v) is 6.64. The van der Waals surface area contributed by atoms with Gasteiger partial charge in [0.2, 0.25) is 0 Å². The highest BCUT2D eigenvalue weighted by atomic mass is 16.1. The highest BCUT2D eigenvalue weighted by molar-refractivity contribution is 5.93. The topological polar surface area (TPSA) is 75.6 Å². The highest BCUT2D eigenvalue weighted by Crippen LogP contribution is 2.48. The maximum absolute atomic E-state index is 12.1. The van der Waals surface area contributed by atoms with E-state index in [1.807, 2.05) is 6.92 Å². The van der Waals surface area contributed by atoms with E-state index in [0.717, 1.165) is 56.0 Å². The van der Waals surface area contributed by atoms with Gasteiger partial charge in [-0.1, -0.05) is 0 Å². The SMILES string of the molecule is Cc1cc(C)n(CC2(c3nc4c([nH]3)CCCNC4=O)CC2)n1. The van der Waals surface area contributed by atoms with Crippen LogP contribution in [0.25, 0.3) is 0 Å². The normalized spacial score (nSPS) is 19.5. The van der Waals surface area contributed by atoms with Gasteiger partial charge in [-0.2, -0.15) is 5.10 Å². The Bertz CT molecular complexity index is 738. The number of nitrogens with zero attached hydrogens (tertiary/aromatic N) is 3. The predicted molar refractivity (Wildman–Crippen MR) is 81.9 cm³/mol. The molecule has 2 N–H and O–H groups in total. The van der Waals surface area contributed by atoms with Crippen LogP contribution in [0.2, 0.25) is 0 Å². The predicted octanol–water partition coefficient (Wildman–Crippen LogP) is 1.63. The first-order chi connectivity index (χ1) is 10.6. The average molecular weight is 299 g/mol. The Morgan fingerprint density at radius 2 is 2.18 bits per heavy atom. The van der Waals surface area contributed by atoms with Crippen molar-refractivity contribution in [1.29, 1.82) is 0 Å². The summed E-state index contributed by atoms with van der Waals surface area (Å²) in [7, 11) is 0. The van der Waals surface area contributed by atoms with Crippen LogP contribution < -0.4 is 5.32 Å². The fourth-order valence-corrected chi connectivity index (χ4v) is 3.32. The Labute approximate surface area is 129 Å². The monoisotopic (exact) mass is 299 g/mol. The van der Waals surface area contributed by atoms with Crippen LogP contribution in [-0.4, -0.2) is 32.2 Å². The molecule has 3 heterocycles. The van der Waals surface area contributed by atoms with Gasteiger partial charge in [0, 0.05) is 23.3 Å². The first kappa shape index (κ1) is 13.5. The molecule has 1 saturated carbocycles. The number of amides is 1. The van der Waals surface area contributed by atoms with Crippen LogP contribution in [0.5, 0.6) is 0 Å². The van der Waals surface area contributed by atoms with E-state index in [2.05, 4.69) is 38.1 Å². The highest BCUT2D eigenvalue weighted by Gasteiger charge is 2.48. The largest absolute Gasteiger partial charge is 0.351 e. The minimum absolute atomic E-state index is 0.0235. The molecular weight excluding hydrogens is 278 g/mol. The molecule has 2 aromatic heterocycles. The number of hydrogen-bond acceptors (Lipinski definition) is 3. The number of H-pyrrole nitrogens is 1. The Kier molecular flexibility index (Phi) is 2.89. The fourth-order valence-electron chi connectivity index (χ4n) is 3.32. The van der Waals surface area contributed by atoms with E-state index < -0.39 is 0 Å². The molecule has 0 saturated heterocycles. The number of aromatic nitrogens is 4. The van der Waals surface area contributed by atoms with E-state index in [0.29, 0.717) is 5.69 Å². The summed E-state index contributed by atoms with van der Waals surface area (Å²) >= 11 is 0. The number of nitrogens with one attached hydrogen (secondary N) is 2. The number of hydrogen-bond donors (Lipinski definition) is 2. The van der Waals surface area contributed by atoms with E-state index in [1.165, 1.54) is 5.69 Å². The minimum Gasteiger partial charge on any atom is -0.351 e. The average Bonchev–Trinajstić information content (AvgIpc) is 3.07. The Hall–Kier alpha value is -2.11. The van der Waals surface area contributed by atoms with Crippen LogP contribution in [0.15, 0.2) is 6.07 Å². The van der Waals surface area contributed by atoms with Crippen molar-refractivity contribution in [1.82, 2.24) is 25.1 Å². The maximum Gasteiger partial charge on any atom is 0.271 e. The lowest BCUT2D eigenvalue weighted by molar-refractivity contribution is 0.0951. The summed E-state index contributed by atoms with van der Waals surface area (Å²) in [5.41, 5.74) is 3.82. The molecule has 2 aliphatic rings. The molecule has 1 amide bonds. The molecule has 1 fully saturated rings. The van der Waals surface area contributed by atoms with Gasteiger partial charge in [0.25, 0.3) is 5.91 Å². The van der Waals surface area contributed by atoms with E-state index in [4.69, 9.17) is 0 Å². The molecule has 116 valence electrons. The molecule has 2 aromatic rings. The first-order valence-electron chi connectivity index (χ1n) is 7.96. The third-order valence-electron chi connectivity index (χ3n) is 4.79. The molecule has 22 heavy (non-hydrogen) atoms. The number of fused-ring (bicyclic) bond motifs is 1. The molecule has 4 rings (SSSR count). The number of imidazole rings is 1. The van der Waals surface area contributed by atoms with E-state index in [-0.39, 0.29) is 11.3 Å². The number of aryl methyl sites for hydroxylation is 3. The number of rotatable bonds is 3. The van der Waals surface area contributed by atoms with Crippen molar-refractivity contribution in [3.8, 4) is 0 Å². The van der Waals surface area contributed by atoms with Crippen LogP contribution in [0.4, 0.5) is 0 Å². The van der Waals surface area contributed by atoms with Crippen molar-refractivity contribution < 1.29 is 4.79 Å². The summed E-state index contributed by atoms with van der Waals surface area (Å²) in [6, 6.07) is 2.10. The molecule has 1 aliphatic heterocycles. The molecule has 6 nitrogen and oxygen atoms in total. The summed E-state index contributed by atoms with van der Waals surface area (Å²) < 4.78 is 2.07. The minimum atomic E-state index is -0.0445. The molecule has 0 bridgehead atoms. The molecule has 6 heteroatoms. The second kappa shape index (κ2) is 4.69. The van der Waals surface area contributed by atoms with Crippen molar-refractivity contribution in [2.24, 2.45) is 0 Å². The molecule has 0 aromatic carbocycles. The lowest BCUT2D eigenvalue weighted by atomic mass is 10.1. The van der Waals surface area contributed by atoms with E-state index in [1.54, 1.807) is 0 Å². The molecule has 0 spiro atoms. The molecule has 1 aliphatic carbocycles. The Balaban J connectivity index is 1.65. The summed E-state index contributed by atoms with van der Waals surface area (Å²) in [5, 5.41) is 7.48. The van der Waals surface area contributed by atoms with Gasteiger partial charge in [0.15, 0.2) is 0 Å². The molecule has 0 atom stereocenters. The van der Waals surface area contributed by atoms with Gasteiger partial charge in [0.05, 0.1) is 12.2 Å². The third-order valence-corrected chi connectivity index (χ3v) is 4.79. The smallest absolute Gasteiger partial charge is 0.271 e. The van der Waals surface area contributed by atoms with Gasteiger partial charge in [-0.15, -0.1) is 0 Å². The zero-order chi connectivity index (χ0) is 15.3. The van der Waals surface area contributed by atoms with Crippen LogP contribution in [0.3, 0.4) is 0 Å². The van der Waals surface area contributed by atoms with Crippen molar-refractivity contribution in [2.75, 3.05) is 6.54 Å². The van der Waals surface area contributed by atoms with Crippen molar-refractivity contribution in [3.05, 3.63) is 34.7 Å². The number of carbonyl (C=O) groups is 1. The first-order valence-corrected chi connectivity index (χ1v) is 7.96. The summed E-state index contributed by atoms with van der Waals surface area (Å²) in [6.07, 6.45) is 4.04. The molecule has 0 unspecified atom stereocenters. The van der Waals surface area contributed by atoms with Crippen molar-refractivity contribution in [3.63, 3.8) is 0 Å². The second-order valence-electron chi connectivity index (χ2n) is 6.64. The molecular formula is C16H21N5O. The maximum atomic E-state index is 12.1. The fraction of sp³-hybridized carbons (Fsp3) is 0.562. The van der Waals surface area contributed by atoms with Gasteiger partial charge in [-0.05, 0) is 45.6 Å². The van der Waals surface area contributed by atoms with Crippen molar-refractivity contribution >= 4 is 5.91 Å². The number of aromatic amines is 1. The lowest BCUT2D eigenvalue weighted by Crippen LogP contribution is -2.24. The van der Waals surface area contributed by atoms with Gasteiger partial charge >= 0.3 is 0 Å². The van der Waals surface area contributed by atoms with E-state index in [9.17, 15) is 4.79 Å². The van der Waals surface area contributed by atoms with Gasteiger partial charge in [-0.3, -0.25) is 9.48 Å². The van der Waals surface area contributed by atoms with Crippen LogP contribution in [0, 0.1) is 13.8 Å². The number of carbonyl (C=O) groups excluding carboxylic acids is 1. The van der Waals surface area contributed by atoms with Crippen LogP contribution >= 0.6 is 0 Å². The summed E-state index contributed by atoms with van der Waals surface area (Å²) in [4.78, 5) is 20.2. The van der Waals surface area contributed by atoms with E-state index >= 15 is 0 Å². The Morgan fingerprint density at radius 1 is 1.36 bits per heavy atom. The Morgan fingerprint density at radius 3 is 2.86 bits per heavy atom. The summed E-state index contributed by atoms with van der Waals surface area (Å²) in [5.74, 6) is 0.916. The van der Waals surface area contributed by atoms with Crippen LogP contribution in [0.1, 0.15) is 52.7 Å². The third kappa shape index (κ3) is 2.14. The standard InChI is InChI=1S/C16H21N5O/c1-10-8-11(2)21(20-10)9-16(5-6-16)15-18-12-4-3-7-17-14(22)13(12)19-15/h8H,3-7,9H2,1-2H3,(H,17,22)(H,18,19). The lowest BCUT2D eigenvalue weighted by Gasteiger charge is -2.14. The van der Waals surface area contributed by atoms with Crippen LogP contribution in [-0.2, 0) is 18.4 Å². The molecule has 0 radical (unpaired) electrons. The zero-order valence-electron chi connectivity index (χ0n) is 13.1.